The molecule has 0 bridgehead atoms. The standard InChI is InChI=1S/C34H62N4O6/c1-29(2)20-23(32(7,8)35-29)26(39)42-17-14-38(15-18-43-27(40)24-21-30(3,4)36-33(24,9)10)16-19-44-28(41)25-22-31(5,6)37(13)34(25,11)12/h23-25,35-36H,14-22H2,1-13H3. The molecule has 0 aliphatic carbocycles. The average molecular weight is 623 g/mol. The van der Waals surface area contributed by atoms with E-state index in [-0.39, 0.29) is 88.7 Å². The number of carbonyl (C=O) groups is 3. The van der Waals surface area contributed by atoms with Crippen molar-refractivity contribution < 1.29 is 28.6 Å². The van der Waals surface area contributed by atoms with E-state index < -0.39 is 0 Å². The highest BCUT2D eigenvalue weighted by Crippen LogP contribution is 2.44. The van der Waals surface area contributed by atoms with Gasteiger partial charge < -0.3 is 24.8 Å². The quantitative estimate of drug-likeness (QED) is 0.247. The molecule has 0 saturated carbocycles. The second-order valence-electron chi connectivity index (χ2n) is 17.1. The first-order chi connectivity index (χ1) is 19.9. The molecule has 0 aromatic carbocycles. The Labute approximate surface area is 266 Å². The topological polar surface area (TPSA) is 109 Å². The van der Waals surface area contributed by atoms with Crippen LogP contribution in [0.15, 0.2) is 0 Å². The summed E-state index contributed by atoms with van der Waals surface area (Å²) in [4.78, 5) is 43.6. The third kappa shape index (κ3) is 8.53. The maximum absolute atomic E-state index is 13.2. The minimum atomic E-state index is -0.350. The van der Waals surface area contributed by atoms with Crippen LogP contribution < -0.4 is 10.6 Å². The Balaban J connectivity index is 1.57. The van der Waals surface area contributed by atoms with Gasteiger partial charge in [0.2, 0.25) is 0 Å². The summed E-state index contributed by atoms with van der Waals surface area (Å²) in [6, 6.07) is 0. The third-order valence-corrected chi connectivity index (χ3v) is 10.6. The van der Waals surface area contributed by atoms with Crippen molar-refractivity contribution in [2.75, 3.05) is 46.5 Å². The molecule has 0 amide bonds. The number of rotatable bonds is 12. The van der Waals surface area contributed by atoms with E-state index in [2.05, 4.69) is 78.0 Å². The lowest BCUT2D eigenvalue weighted by molar-refractivity contribution is -0.151. The number of hydrogen-bond donors (Lipinski definition) is 2. The van der Waals surface area contributed by atoms with Crippen LogP contribution in [-0.2, 0) is 28.6 Å². The first-order valence-electron chi connectivity index (χ1n) is 16.5. The first-order valence-corrected chi connectivity index (χ1v) is 16.5. The van der Waals surface area contributed by atoms with E-state index in [9.17, 15) is 14.4 Å². The highest BCUT2D eigenvalue weighted by atomic mass is 16.5. The zero-order chi connectivity index (χ0) is 33.5. The lowest BCUT2D eigenvalue weighted by Gasteiger charge is -2.37. The van der Waals surface area contributed by atoms with Gasteiger partial charge in [0.05, 0.1) is 17.8 Å². The fourth-order valence-corrected chi connectivity index (χ4v) is 8.04. The molecule has 0 radical (unpaired) electrons. The van der Waals surface area contributed by atoms with Gasteiger partial charge in [0.25, 0.3) is 0 Å². The molecular weight excluding hydrogens is 560 g/mol. The van der Waals surface area contributed by atoms with Gasteiger partial charge in [-0.25, -0.2) is 0 Å². The Hall–Kier alpha value is -1.75. The summed E-state index contributed by atoms with van der Waals surface area (Å²) in [7, 11) is 2.06. The molecule has 254 valence electrons. The molecule has 3 saturated heterocycles. The molecular formula is C34H62N4O6. The summed E-state index contributed by atoms with van der Waals surface area (Å²) >= 11 is 0. The number of likely N-dealkylation sites (tertiary alicyclic amines) is 1. The van der Waals surface area contributed by atoms with E-state index in [0.29, 0.717) is 32.5 Å². The highest BCUT2D eigenvalue weighted by Gasteiger charge is 2.53. The van der Waals surface area contributed by atoms with E-state index in [1.54, 1.807) is 0 Å². The summed E-state index contributed by atoms with van der Waals surface area (Å²) in [5.41, 5.74) is -1.37. The van der Waals surface area contributed by atoms with Gasteiger partial charge in [0.1, 0.15) is 19.8 Å². The molecule has 3 rings (SSSR count). The van der Waals surface area contributed by atoms with Crippen LogP contribution in [0.4, 0.5) is 0 Å². The normalized spacial score (nSPS) is 29.5. The second-order valence-corrected chi connectivity index (χ2v) is 17.1. The molecule has 3 unspecified atom stereocenters. The fourth-order valence-electron chi connectivity index (χ4n) is 8.04. The van der Waals surface area contributed by atoms with E-state index in [1.165, 1.54) is 0 Å². The third-order valence-electron chi connectivity index (χ3n) is 10.6. The van der Waals surface area contributed by atoms with Crippen LogP contribution in [0.2, 0.25) is 0 Å². The monoisotopic (exact) mass is 622 g/mol. The van der Waals surface area contributed by atoms with Crippen LogP contribution in [0.25, 0.3) is 0 Å². The predicted molar refractivity (Wildman–Crippen MR) is 172 cm³/mol. The van der Waals surface area contributed by atoms with Gasteiger partial charge >= 0.3 is 17.9 Å². The van der Waals surface area contributed by atoms with Crippen molar-refractivity contribution in [2.24, 2.45) is 17.8 Å². The molecule has 3 aliphatic heterocycles. The summed E-state index contributed by atoms with van der Waals surface area (Å²) < 4.78 is 17.3. The summed E-state index contributed by atoms with van der Waals surface area (Å²) in [5, 5.41) is 7.06. The van der Waals surface area contributed by atoms with Crippen molar-refractivity contribution in [3.63, 3.8) is 0 Å². The maximum Gasteiger partial charge on any atom is 0.310 e. The van der Waals surface area contributed by atoms with E-state index >= 15 is 0 Å². The zero-order valence-corrected chi connectivity index (χ0v) is 29.9. The minimum Gasteiger partial charge on any atom is -0.464 e. The number of nitrogens with zero attached hydrogens (tertiary/aromatic N) is 2. The van der Waals surface area contributed by atoms with Gasteiger partial charge in [0, 0.05) is 52.9 Å². The maximum atomic E-state index is 13.2. The number of esters is 3. The van der Waals surface area contributed by atoms with Crippen molar-refractivity contribution >= 4 is 17.9 Å². The molecule has 2 N–H and O–H groups in total. The van der Waals surface area contributed by atoms with Crippen LogP contribution in [0.3, 0.4) is 0 Å². The number of nitrogens with one attached hydrogen (secondary N) is 2. The Morgan fingerprint density at radius 2 is 0.955 bits per heavy atom. The Kier molecular flexibility index (Phi) is 10.7. The largest absolute Gasteiger partial charge is 0.464 e. The lowest BCUT2D eigenvalue weighted by atomic mass is 9.87. The Morgan fingerprint density at radius 3 is 1.23 bits per heavy atom. The van der Waals surface area contributed by atoms with E-state index in [1.807, 2.05) is 32.6 Å². The van der Waals surface area contributed by atoms with Gasteiger partial charge in [0.15, 0.2) is 0 Å². The Morgan fingerprint density at radius 1 is 0.614 bits per heavy atom. The van der Waals surface area contributed by atoms with Crippen molar-refractivity contribution in [3.05, 3.63) is 0 Å². The van der Waals surface area contributed by atoms with Crippen LogP contribution in [0.1, 0.15) is 102 Å². The second kappa shape index (κ2) is 12.8. The highest BCUT2D eigenvalue weighted by molar-refractivity contribution is 5.76. The predicted octanol–water partition coefficient (Wildman–Crippen LogP) is 3.76. The van der Waals surface area contributed by atoms with Crippen molar-refractivity contribution in [1.82, 2.24) is 20.4 Å². The lowest BCUT2D eigenvalue weighted by Crippen LogP contribution is -2.48. The van der Waals surface area contributed by atoms with E-state index in [0.717, 1.165) is 6.42 Å². The fraction of sp³-hybridized carbons (Fsp3) is 0.912. The van der Waals surface area contributed by atoms with Gasteiger partial charge in [-0.05, 0) is 109 Å². The average Bonchev–Trinajstić information content (AvgIpc) is 3.31. The zero-order valence-electron chi connectivity index (χ0n) is 29.9. The first kappa shape index (κ1) is 36.7. The molecule has 3 aliphatic rings. The van der Waals surface area contributed by atoms with Crippen molar-refractivity contribution in [3.8, 4) is 0 Å². The van der Waals surface area contributed by atoms with E-state index in [4.69, 9.17) is 14.2 Å². The number of ether oxygens (including phenoxy) is 3. The number of carbonyl (C=O) groups excluding carboxylic acids is 3. The van der Waals surface area contributed by atoms with Crippen LogP contribution in [0.5, 0.6) is 0 Å². The molecule has 3 heterocycles. The van der Waals surface area contributed by atoms with Gasteiger partial charge in [-0.2, -0.15) is 0 Å². The van der Waals surface area contributed by atoms with Gasteiger partial charge in [-0.3, -0.25) is 24.2 Å². The molecule has 0 spiro atoms. The molecule has 10 heteroatoms. The molecule has 0 aromatic rings. The molecule has 3 atom stereocenters. The van der Waals surface area contributed by atoms with Crippen molar-refractivity contribution in [2.45, 2.75) is 136 Å². The van der Waals surface area contributed by atoms with Gasteiger partial charge in [-0.1, -0.05) is 0 Å². The smallest absolute Gasteiger partial charge is 0.310 e. The van der Waals surface area contributed by atoms with Gasteiger partial charge in [-0.15, -0.1) is 0 Å². The summed E-state index contributed by atoms with van der Waals surface area (Å²) in [5.74, 6) is -1.31. The molecule has 10 nitrogen and oxygen atoms in total. The minimum absolute atomic E-state index is 0.0930. The van der Waals surface area contributed by atoms with Crippen LogP contribution in [0, 0.1) is 17.8 Å². The molecule has 44 heavy (non-hydrogen) atoms. The van der Waals surface area contributed by atoms with Crippen LogP contribution in [-0.4, -0.2) is 107 Å². The Bertz CT molecular complexity index is 1010. The molecule has 0 aromatic heterocycles. The summed E-state index contributed by atoms with van der Waals surface area (Å²) in [6.45, 7) is 27.0. The SMILES string of the molecule is CN1C(C)(C)CC(C(=O)OCCN(CCOC(=O)C2CC(C)(C)NC2(C)C)CCOC(=O)C2CC(C)(C)NC2(C)C)C1(C)C. The number of hydrogen-bond acceptors (Lipinski definition) is 10. The van der Waals surface area contributed by atoms with Crippen LogP contribution >= 0.6 is 0 Å². The van der Waals surface area contributed by atoms with Crippen molar-refractivity contribution in [1.29, 1.82) is 0 Å². The summed E-state index contributed by atoms with van der Waals surface area (Å²) in [6.07, 6.45) is 2.15. The molecule has 3 fully saturated rings.